The van der Waals surface area contributed by atoms with Gasteiger partial charge >= 0.3 is 6.03 Å². The molecule has 0 radical (unpaired) electrons. The summed E-state index contributed by atoms with van der Waals surface area (Å²) in [6.07, 6.45) is 13.8. The SMILES string of the molecule is O=C(NCCc1cnc(C2CC2)nc1)N1CCCC[C@@H]1c1cn[nH]c1. The lowest BCUT2D eigenvalue weighted by molar-refractivity contribution is 0.151. The van der Waals surface area contributed by atoms with Gasteiger partial charge in [0.25, 0.3) is 0 Å². The molecular formula is C18H24N6O. The molecule has 4 rings (SSSR count). The minimum atomic E-state index is 0.00131. The van der Waals surface area contributed by atoms with E-state index in [0.29, 0.717) is 12.5 Å². The average Bonchev–Trinajstić information content (AvgIpc) is 3.36. The summed E-state index contributed by atoms with van der Waals surface area (Å²) in [6, 6.07) is 0.120. The largest absolute Gasteiger partial charge is 0.338 e. The Kier molecular flexibility index (Phi) is 4.63. The van der Waals surface area contributed by atoms with Crippen molar-refractivity contribution in [2.24, 2.45) is 0 Å². The van der Waals surface area contributed by atoms with Crippen LogP contribution < -0.4 is 5.32 Å². The normalized spacial score (nSPS) is 20.5. The Bertz CT molecular complexity index is 695. The molecule has 0 spiro atoms. The minimum absolute atomic E-state index is 0.00131. The van der Waals surface area contributed by atoms with Gasteiger partial charge in [-0.2, -0.15) is 5.10 Å². The average molecular weight is 340 g/mol. The first-order valence-corrected chi connectivity index (χ1v) is 9.15. The molecule has 3 heterocycles. The van der Waals surface area contributed by atoms with E-state index in [2.05, 4.69) is 25.5 Å². The Morgan fingerprint density at radius 2 is 2.04 bits per heavy atom. The molecule has 2 amide bonds. The van der Waals surface area contributed by atoms with E-state index in [9.17, 15) is 4.79 Å². The fourth-order valence-corrected chi connectivity index (χ4v) is 3.43. The second-order valence-corrected chi connectivity index (χ2v) is 6.94. The van der Waals surface area contributed by atoms with Crippen molar-refractivity contribution in [2.45, 2.75) is 50.5 Å². The Morgan fingerprint density at radius 3 is 2.76 bits per heavy atom. The molecular weight excluding hydrogens is 316 g/mol. The van der Waals surface area contributed by atoms with Crippen LogP contribution in [-0.4, -0.2) is 44.2 Å². The second kappa shape index (κ2) is 7.21. The highest BCUT2D eigenvalue weighted by Crippen LogP contribution is 2.37. The van der Waals surface area contributed by atoms with Gasteiger partial charge in [-0.3, -0.25) is 5.10 Å². The minimum Gasteiger partial charge on any atom is -0.338 e. The van der Waals surface area contributed by atoms with Crippen LogP contribution in [0.3, 0.4) is 0 Å². The molecule has 1 aliphatic heterocycles. The summed E-state index contributed by atoms with van der Waals surface area (Å²) >= 11 is 0. The quantitative estimate of drug-likeness (QED) is 0.876. The molecule has 2 aromatic heterocycles. The highest BCUT2D eigenvalue weighted by molar-refractivity contribution is 5.74. The zero-order chi connectivity index (χ0) is 17.1. The molecule has 25 heavy (non-hydrogen) atoms. The predicted molar refractivity (Wildman–Crippen MR) is 93.0 cm³/mol. The van der Waals surface area contributed by atoms with E-state index in [0.717, 1.165) is 49.2 Å². The lowest BCUT2D eigenvalue weighted by Gasteiger charge is -2.35. The van der Waals surface area contributed by atoms with Crippen LogP contribution in [-0.2, 0) is 6.42 Å². The predicted octanol–water partition coefficient (Wildman–Crippen LogP) is 2.56. The third kappa shape index (κ3) is 3.81. The number of piperidine rings is 1. The Morgan fingerprint density at radius 1 is 1.20 bits per heavy atom. The van der Waals surface area contributed by atoms with Crippen molar-refractivity contribution in [1.29, 1.82) is 0 Å². The van der Waals surface area contributed by atoms with E-state index >= 15 is 0 Å². The maximum Gasteiger partial charge on any atom is 0.317 e. The van der Waals surface area contributed by atoms with Crippen LogP contribution >= 0.6 is 0 Å². The fourth-order valence-electron chi connectivity index (χ4n) is 3.43. The fraction of sp³-hybridized carbons (Fsp3) is 0.556. The van der Waals surface area contributed by atoms with E-state index in [1.54, 1.807) is 0 Å². The maximum absolute atomic E-state index is 12.6. The molecule has 132 valence electrons. The van der Waals surface area contributed by atoms with Crippen LogP contribution in [0.1, 0.15) is 61.0 Å². The maximum atomic E-state index is 12.6. The van der Waals surface area contributed by atoms with Crippen LogP contribution in [0.4, 0.5) is 4.79 Å². The van der Waals surface area contributed by atoms with Crippen LogP contribution in [0.25, 0.3) is 0 Å². The standard InChI is InChI=1S/C18H24N6O/c25-18(24-8-2-1-3-16(24)15-11-22-23-12-15)19-7-6-13-9-20-17(21-10-13)14-4-5-14/h9-12,14,16H,1-8H2,(H,19,25)(H,22,23)/t16-/m1/s1. The topological polar surface area (TPSA) is 86.8 Å². The van der Waals surface area contributed by atoms with Gasteiger partial charge in [0.2, 0.25) is 0 Å². The zero-order valence-electron chi connectivity index (χ0n) is 14.3. The second-order valence-electron chi connectivity index (χ2n) is 6.94. The number of nitrogens with one attached hydrogen (secondary N) is 2. The first-order chi connectivity index (χ1) is 12.3. The van der Waals surface area contributed by atoms with Crippen molar-refractivity contribution in [3.63, 3.8) is 0 Å². The Labute approximate surface area is 147 Å². The van der Waals surface area contributed by atoms with E-state index in [4.69, 9.17) is 0 Å². The number of hydrogen-bond acceptors (Lipinski definition) is 4. The van der Waals surface area contributed by atoms with E-state index in [-0.39, 0.29) is 12.1 Å². The van der Waals surface area contributed by atoms with Gasteiger partial charge < -0.3 is 10.2 Å². The monoisotopic (exact) mass is 340 g/mol. The van der Waals surface area contributed by atoms with E-state index in [1.807, 2.05) is 29.7 Å². The van der Waals surface area contributed by atoms with Gasteiger partial charge in [0.1, 0.15) is 5.82 Å². The number of carbonyl (C=O) groups excluding carboxylic acids is 1. The molecule has 1 saturated heterocycles. The Hall–Kier alpha value is -2.44. The molecule has 1 aliphatic carbocycles. The van der Waals surface area contributed by atoms with E-state index in [1.165, 1.54) is 12.8 Å². The van der Waals surface area contributed by atoms with Gasteiger partial charge in [-0.25, -0.2) is 14.8 Å². The number of nitrogens with zero attached hydrogens (tertiary/aromatic N) is 4. The summed E-state index contributed by atoms with van der Waals surface area (Å²) < 4.78 is 0. The summed E-state index contributed by atoms with van der Waals surface area (Å²) in [4.78, 5) is 23.4. The number of amides is 2. The first kappa shape index (κ1) is 16.1. The number of aromatic amines is 1. The van der Waals surface area contributed by atoms with E-state index < -0.39 is 0 Å². The summed E-state index contributed by atoms with van der Waals surface area (Å²) in [6.45, 7) is 1.39. The number of carbonyl (C=O) groups is 1. The van der Waals surface area contributed by atoms with Crippen molar-refractivity contribution < 1.29 is 4.79 Å². The number of aromatic nitrogens is 4. The number of rotatable bonds is 5. The van der Waals surface area contributed by atoms with Crippen LogP contribution in [0.15, 0.2) is 24.8 Å². The molecule has 0 bridgehead atoms. The Balaban J connectivity index is 1.30. The van der Waals surface area contributed by atoms with Gasteiger partial charge in [-0.15, -0.1) is 0 Å². The molecule has 0 unspecified atom stereocenters. The molecule has 1 saturated carbocycles. The summed E-state index contributed by atoms with van der Waals surface area (Å²) in [5.74, 6) is 1.54. The molecule has 7 nitrogen and oxygen atoms in total. The smallest absolute Gasteiger partial charge is 0.317 e. The summed E-state index contributed by atoms with van der Waals surface area (Å²) in [5.41, 5.74) is 2.15. The summed E-state index contributed by atoms with van der Waals surface area (Å²) in [5, 5.41) is 9.91. The molecule has 1 atom stereocenters. The van der Waals surface area contributed by atoms with Gasteiger partial charge in [0, 0.05) is 43.2 Å². The van der Waals surface area contributed by atoms with Crippen molar-refractivity contribution in [3.05, 3.63) is 41.7 Å². The van der Waals surface area contributed by atoms with Crippen molar-refractivity contribution >= 4 is 6.03 Å². The molecule has 0 aromatic carbocycles. The van der Waals surface area contributed by atoms with Crippen molar-refractivity contribution in [2.75, 3.05) is 13.1 Å². The van der Waals surface area contributed by atoms with Gasteiger partial charge in [-0.1, -0.05) is 0 Å². The van der Waals surface area contributed by atoms with Gasteiger partial charge in [0.15, 0.2) is 0 Å². The highest BCUT2D eigenvalue weighted by atomic mass is 16.2. The number of H-pyrrole nitrogens is 1. The lowest BCUT2D eigenvalue weighted by Crippen LogP contribution is -2.45. The van der Waals surface area contributed by atoms with Crippen LogP contribution in [0.2, 0.25) is 0 Å². The summed E-state index contributed by atoms with van der Waals surface area (Å²) in [7, 11) is 0. The molecule has 2 aliphatic rings. The third-order valence-corrected chi connectivity index (χ3v) is 5.03. The molecule has 2 N–H and O–H groups in total. The van der Waals surface area contributed by atoms with Gasteiger partial charge in [-0.05, 0) is 44.1 Å². The molecule has 7 heteroatoms. The van der Waals surface area contributed by atoms with Gasteiger partial charge in [0.05, 0.1) is 12.2 Å². The first-order valence-electron chi connectivity index (χ1n) is 9.15. The lowest BCUT2D eigenvalue weighted by atomic mass is 9.98. The van der Waals surface area contributed by atoms with Crippen molar-refractivity contribution in [1.82, 2.24) is 30.4 Å². The van der Waals surface area contributed by atoms with Crippen LogP contribution in [0.5, 0.6) is 0 Å². The number of likely N-dealkylation sites (tertiary alicyclic amines) is 1. The number of hydrogen-bond donors (Lipinski definition) is 2. The highest BCUT2D eigenvalue weighted by Gasteiger charge is 2.28. The van der Waals surface area contributed by atoms with Crippen LogP contribution in [0, 0.1) is 0 Å². The number of urea groups is 1. The third-order valence-electron chi connectivity index (χ3n) is 5.03. The molecule has 2 fully saturated rings. The van der Waals surface area contributed by atoms with Crippen molar-refractivity contribution in [3.8, 4) is 0 Å². The molecule has 2 aromatic rings. The zero-order valence-corrected chi connectivity index (χ0v) is 14.3.